The molecule has 1 saturated carbocycles. The fraction of sp³-hybridized carbons (Fsp3) is 0.929. The predicted octanol–water partition coefficient (Wildman–Crippen LogP) is 7.19. The molecule has 0 aromatic carbocycles. The van der Waals surface area contributed by atoms with Crippen LogP contribution in [0.3, 0.4) is 0 Å². The molecule has 1 heterocycles. The lowest BCUT2D eigenvalue weighted by Crippen LogP contribution is -2.34. The lowest BCUT2D eigenvalue weighted by Gasteiger charge is -2.37. The van der Waals surface area contributed by atoms with E-state index in [0.717, 1.165) is 56.4 Å². The summed E-state index contributed by atoms with van der Waals surface area (Å²) in [6.45, 7) is 21.8. The fourth-order valence-electron chi connectivity index (χ4n) is 5.17. The van der Waals surface area contributed by atoms with Gasteiger partial charge in [-0.05, 0) is 91.4 Å². The molecule has 1 aliphatic carbocycles. The van der Waals surface area contributed by atoms with Crippen LogP contribution in [0.4, 0.5) is 0 Å². The molecule has 0 amide bonds. The van der Waals surface area contributed by atoms with Crippen molar-refractivity contribution >= 4 is 0 Å². The van der Waals surface area contributed by atoms with Crippen LogP contribution >= 0.6 is 0 Å². The summed E-state index contributed by atoms with van der Waals surface area (Å²) < 4.78 is 14.6. The lowest BCUT2D eigenvalue weighted by atomic mass is 9.74. The van der Waals surface area contributed by atoms with Crippen molar-refractivity contribution in [1.82, 2.24) is 15.0 Å². The fourth-order valence-corrected chi connectivity index (χ4v) is 5.17. The minimum atomic E-state index is -0.0847. The van der Waals surface area contributed by atoms with E-state index >= 15 is 0 Å². The van der Waals surface area contributed by atoms with Crippen LogP contribution in [-0.4, -0.2) is 39.4 Å². The number of aryl methyl sites for hydroxylation is 1. The molecule has 2 rings (SSSR count). The van der Waals surface area contributed by atoms with Crippen LogP contribution < -0.4 is 0 Å². The smallest absolute Gasteiger partial charge is 0.0824 e. The summed E-state index contributed by atoms with van der Waals surface area (Å²) in [6.07, 6.45) is 12.7. The van der Waals surface area contributed by atoms with Crippen LogP contribution in [0.25, 0.3) is 0 Å². The van der Waals surface area contributed by atoms with Crippen molar-refractivity contribution in [2.45, 2.75) is 137 Å². The summed E-state index contributed by atoms with van der Waals surface area (Å²) >= 11 is 0. The Labute approximate surface area is 204 Å². The van der Waals surface area contributed by atoms with E-state index in [4.69, 9.17) is 9.47 Å². The molecule has 0 unspecified atom stereocenters. The Kier molecular flexibility index (Phi) is 10.4. The number of rotatable bonds is 14. The third kappa shape index (κ3) is 10.1. The van der Waals surface area contributed by atoms with Crippen molar-refractivity contribution in [3.05, 3.63) is 11.9 Å². The molecule has 1 aromatic rings. The van der Waals surface area contributed by atoms with Gasteiger partial charge in [0.1, 0.15) is 0 Å². The van der Waals surface area contributed by atoms with Gasteiger partial charge in [-0.1, -0.05) is 51.7 Å². The van der Waals surface area contributed by atoms with E-state index in [1.54, 1.807) is 0 Å². The molecule has 0 saturated heterocycles. The van der Waals surface area contributed by atoms with Crippen LogP contribution in [0, 0.1) is 17.8 Å². The van der Waals surface area contributed by atoms with Crippen molar-refractivity contribution in [2.24, 2.45) is 17.8 Å². The average molecular weight is 464 g/mol. The second-order valence-corrected chi connectivity index (χ2v) is 12.8. The van der Waals surface area contributed by atoms with Gasteiger partial charge in [-0.3, -0.25) is 0 Å². The minimum Gasteiger partial charge on any atom is -0.376 e. The highest BCUT2D eigenvalue weighted by Crippen LogP contribution is 2.38. The monoisotopic (exact) mass is 463 g/mol. The summed E-state index contributed by atoms with van der Waals surface area (Å²) in [5.74, 6) is 2.29. The highest BCUT2D eigenvalue weighted by Gasteiger charge is 2.32. The number of hydrogen-bond acceptors (Lipinski definition) is 4. The van der Waals surface area contributed by atoms with E-state index < -0.39 is 0 Å². The topological polar surface area (TPSA) is 49.2 Å². The van der Waals surface area contributed by atoms with E-state index in [2.05, 4.69) is 78.8 Å². The van der Waals surface area contributed by atoms with Gasteiger partial charge in [0.25, 0.3) is 0 Å². The molecule has 0 aliphatic heterocycles. The van der Waals surface area contributed by atoms with Crippen LogP contribution in [0.5, 0.6) is 0 Å². The molecule has 1 fully saturated rings. The van der Waals surface area contributed by atoms with E-state index in [1.165, 1.54) is 32.1 Å². The summed E-state index contributed by atoms with van der Waals surface area (Å²) in [4.78, 5) is 0. The molecule has 0 spiro atoms. The first kappa shape index (κ1) is 28.3. The minimum absolute atomic E-state index is 0.00354. The molecule has 0 atom stereocenters. The van der Waals surface area contributed by atoms with Gasteiger partial charge in [-0.2, -0.15) is 0 Å². The molecule has 1 aliphatic rings. The lowest BCUT2D eigenvalue weighted by molar-refractivity contribution is -0.0551. The Bertz CT molecular complexity index is 685. The third-order valence-electron chi connectivity index (χ3n) is 7.44. The maximum absolute atomic E-state index is 6.41. The van der Waals surface area contributed by atoms with Gasteiger partial charge >= 0.3 is 0 Å². The molecule has 192 valence electrons. The van der Waals surface area contributed by atoms with Gasteiger partial charge in [-0.25, -0.2) is 4.68 Å². The molecule has 5 nitrogen and oxygen atoms in total. The Morgan fingerprint density at radius 3 is 1.88 bits per heavy atom. The highest BCUT2D eigenvalue weighted by molar-refractivity contribution is 4.94. The summed E-state index contributed by atoms with van der Waals surface area (Å²) in [5, 5.41) is 8.57. The Morgan fingerprint density at radius 1 is 0.909 bits per heavy atom. The maximum Gasteiger partial charge on any atom is 0.0824 e. The summed E-state index contributed by atoms with van der Waals surface area (Å²) in [7, 11) is 0. The Hall–Kier alpha value is -0.940. The van der Waals surface area contributed by atoms with Gasteiger partial charge < -0.3 is 9.47 Å². The van der Waals surface area contributed by atoms with Crippen molar-refractivity contribution in [3.63, 3.8) is 0 Å². The van der Waals surface area contributed by atoms with Crippen molar-refractivity contribution in [2.75, 3.05) is 13.2 Å². The van der Waals surface area contributed by atoms with E-state index in [1.807, 2.05) is 4.68 Å². The first-order valence-electron chi connectivity index (χ1n) is 13.5. The van der Waals surface area contributed by atoms with E-state index in [0.29, 0.717) is 5.92 Å². The second-order valence-electron chi connectivity index (χ2n) is 12.8. The van der Waals surface area contributed by atoms with Crippen molar-refractivity contribution in [3.8, 4) is 0 Å². The van der Waals surface area contributed by atoms with Gasteiger partial charge in [-0.15, -0.1) is 5.10 Å². The van der Waals surface area contributed by atoms with Crippen LogP contribution in [0.1, 0.15) is 119 Å². The second kappa shape index (κ2) is 12.2. The largest absolute Gasteiger partial charge is 0.376 e. The van der Waals surface area contributed by atoms with Crippen LogP contribution in [0.2, 0.25) is 0 Å². The standard InChI is InChI=1S/C28H53N3O2/c1-10-25-21-31(30-29-25)26(4,5)16-18-33-28(8,9)20-24-13-11-23(12-14-24)19-27(6,7)32-17-15-22(2)3/h21-24H,10-20H2,1-9H3. The Balaban J connectivity index is 1.71. The zero-order chi connectivity index (χ0) is 24.7. The first-order valence-corrected chi connectivity index (χ1v) is 13.5. The normalized spacial score (nSPS) is 20.5. The third-order valence-corrected chi connectivity index (χ3v) is 7.44. The number of hydrogen-bond donors (Lipinski definition) is 0. The van der Waals surface area contributed by atoms with Crippen molar-refractivity contribution < 1.29 is 9.47 Å². The molecule has 0 bridgehead atoms. The molecule has 0 N–H and O–H groups in total. The number of aromatic nitrogens is 3. The van der Waals surface area contributed by atoms with Crippen molar-refractivity contribution in [1.29, 1.82) is 0 Å². The quantitative estimate of drug-likeness (QED) is 0.293. The Morgan fingerprint density at radius 2 is 1.42 bits per heavy atom. The molecule has 33 heavy (non-hydrogen) atoms. The number of ether oxygens (including phenoxy) is 2. The average Bonchev–Trinajstić information content (AvgIpc) is 3.18. The number of nitrogens with zero attached hydrogens (tertiary/aromatic N) is 3. The summed E-state index contributed by atoms with van der Waals surface area (Å²) in [5.41, 5.74) is 0.886. The molecule has 1 aromatic heterocycles. The van der Waals surface area contributed by atoms with Gasteiger partial charge in [0.05, 0.1) is 22.4 Å². The summed E-state index contributed by atoms with van der Waals surface area (Å²) in [6, 6.07) is 0. The maximum atomic E-state index is 6.41. The molecule has 0 radical (unpaired) electrons. The zero-order valence-corrected chi connectivity index (χ0v) is 23.2. The first-order chi connectivity index (χ1) is 15.3. The van der Waals surface area contributed by atoms with E-state index in [-0.39, 0.29) is 16.7 Å². The molecule has 5 heteroatoms. The molecular formula is C28H53N3O2. The highest BCUT2D eigenvalue weighted by atomic mass is 16.5. The van der Waals surface area contributed by atoms with Gasteiger partial charge in [0.2, 0.25) is 0 Å². The van der Waals surface area contributed by atoms with Gasteiger partial charge in [0, 0.05) is 19.4 Å². The van der Waals surface area contributed by atoms with E-state index in [9.17, 15) is 0 Å². The van der Waals surface area contributed by atoms with Gasteiger partial charge in [0.15, 0.2) is 0 Å². The van der Waals surface area contributed by atoms with Crippen LogP contribution in [0.15, 0.2) is 6.20 Å². The zero-order valence-electron chi connectivity index (χ0n) is 23.2. The predicted molar refractivity (Wildman–Crippen MR) is 138 cm³/mol. The SMILES string of the molecule is CCc1cn(C(C)(C)CCOC(C)(C)CC2CCC(CC(C)(C)OCCC(C)C)CC2)nn1. The van der Waals surface area contributed by atoms with Crippen LogP contribution in [-0.2, 0) is 21.4 Å². The molecular weight excluding hydrogens is 410 g/mol.